The van der Waals surface area contributed by atoms with E-state index in [9.17, 15) is 13.2 Å². The van der Waals surface area contributed by atoms with Crippen molar-refractivity contribution in [2.75, 3.05) is 50.7 Å². The summed E-state index contributed by atoms with van der Waals surface area (Å²) in [4.78, 5) is 18.0. The van der Waals surface area contributed by atoms with E-state index in [4.69, 9.17) is 0 Å². The summed E-state index contributed by atoms with van der Waals surface area (Å²) in [6, 6.07) is 5.65. The molecule has 0 aliphatic carbocycles. The highest BCUT2D eigenvalue weighted by Gasteiger charge is 2.33. The first-order valence-electron chi connectivity index (χ1n) is 13.2. The molecule has 0 unspecified atom stereocenters. The average molecular weight is 491 g/mol. The summed E-state index contributed by atoms with van der Waals surface area (Å²) in [5, 5.41) is 3.07. The van der Waals surface area contributed by atoms with Crippen LogP contribution in [0.1, 0.15) is 69.7 Å². The minimum Gasteiger partial charge on any atom is -0.370 e. The van der Waals surface area contributed by atoms with E-state index >= 15 is 0 Å². The third-order valence-electron chi connectivity index (χ3n) is 8.11. The van der Waals surface area contributed by atoms with E-state index < -0.39 is 10.0 Å². The van der Waals surface area contributed by atoms with Crippen LogP contribution >= 0.6 is 0 Å². The van der Waals surface area contributed by atoms with E-state index in [1.165, 1.54) is 0 Å². The zero-order valence-electron chi connectivity index (χ0n) is 21.1. The second-order valence-electron chi connectivity index (χ2n) is 10.6. The molecule has 3 saturated heterocycles. The van der Waals surface area contributed by atoms with Gasteiger partial charge in [-0.1, -0.05) is 20.8 Å². The molecule has 0 aromatic heterocycles. The molecule has 3 heterocycles. The quantitative estimate of drug-likeness (QED) is 0.633. The maximum absolute atomic E-state index is 13.8. The second-order valence-corrected chi connectivity index (χ2v) is 12.5. The summed E-state index contributed by atoms with van der Waals surface area (Å²) in [7, 11) is -3.67. The van der Waals surface area contributed by atoms with Crippen molar-refractivity contribution in [1.82, 2.24) is 14.5 Å². The Morgan fingerprint density at radius 1 is 0.971 bits per heavy atom. The SMILES string of the molecule is CCN1CCC[C@H]1CNC(=O)c1ccc(N2CCC(C)CC2)c(S(=O)(=O)N2CCC(C)CC2)c1. The Balaban J connectivity index is 1.58. The molecular weight excluding hydrogens is 448 g/mol. The molecule has 8 heteroatoms. The number of rotatable bonds is 7. The number of amides is 1. The van der Waals surface area contributed by atoms with Crippen molar-refractivity contribution in [2.45, 2.75) is 70.2 Å². The maximum Gasteiger partial charge on any atom is 0.251 e. The molecule has 1 amide bonds. The summed E-state index contributed by atoms with van der Waals surface area (Å²) < 4.78 is 29.2. The van der Waals surface area contributed by atoms with Gasteiger partial charge in [0.1, 0.15) is 4.90 Å². The minimum atomic E-state index is -3.67. The van der Waals surface area contributed by atoms with Crippen LogP contribution in [-0.2, 0) is 10.0 Å². The first-order valence-corrected chi connectivity index (χ1v) is 14.6. The molecule has 1 aromatic carbocycles. The molecule has 0 saturated carbocycles. The fraction of sp³-hybridized carbons (Fsp3) is 0.731. The third-order valence-corrected chi connectivity index (χ3v) is 10.0. The van der Waals surface area contributed by atoms with Crippen LogP contribution in [0.2, 0.25) is 0 Å². The zero-order valence-corrected chi connectivity index (χ0v) is 21.9. The van der Waals surface area contributed by atoms with Crippen LogP contribution in [0.5, 0.6) is 0 Å². The minimum absolute atomic E-state index is 0.189. The fourth-order valence-corrected chi connectivity index (χ4v) is 7.30. The Morgan fingerprint density at radius 3 is 2.26 bits per heavy atom. The van der Waals surface area contributed by atoms with Crippen molar-refractivity contribution in [1.29, 1.82) is 0 Å². The average Bonchev–Trinajstić information content (AvgIpc) is 3.30. The highest BCUT2D eigenvalue weighted by Crippen LogP contribution is 2.33. The van der Waals surface area contributed by atoms with E-state index in [2.05, 4.69) is 35.9 Å². The zero-order chi connectivity index (χ0) is 24.3. The summed E-state index contributed by atoms with van der Waals surface area (Å²) in [6.07, 6.45) is 6.12. The molecule has 1 N–H and O–H groups in total. The lowest BCUT2D eigenvalue weighted by atomic mass is 9.98. The molecule has 34 heavy (non-hydrogen) atoms. The van der Waals surface area contributed by atoms with Crippen molar-refractivity contribution < 1.29 is 13.2 Å². The fourth-order valence-electron chi connectivity index (χ4n) is 5.59. The summed E-state index contributed by atoms with van der Waals surface area (Å²) in [5.41, 5.74) is 1.18. The lowest BCUT2D eigenvalue weighted by Crippen LogP contribution is -2.41. The number of anilines is 1. The summed E-state index contributed by atoms with van der Waals surface area (Å²) in [5.74, 6) is 1.01. The van der Waals surface area contributed by atoms with Gasteiger partial charge in [0.2, 0.25) is 10.0 Å². The molecule has 4 rings (SSSR count). The van der Waals surface area contributed by atoms with Gasteiger partial charge in [0.15, 0.2) is 0 Å². The Morgan fingerprint density at radius 2 is 1.62 bits per heavy atom. The Bertz CT molecular complexity index is 951. The first kappa shape index (κ1) is 25.5. The van der Waals surface area contributed by atoms with Crippen LogP contribution in [0.4, 0.5) is 5.69 Å². The maximum atomic E-state index is 13.8. The predicted molar refractivity (Wildman–Crippen MR) is 137 cm³/mol. The number of likely N-dealkylation sites (tertiary alicyclic amines) is 1. The standard InChI is InChI=1S/C26H42N4O3S/c1-4-28-13-5-6-23(28)19-27-26(31)22-7-8-24(29-14-9-20(2)10-15-29)25(18-22)34(32,33)30-16-11-21(3)12-17-30/h7-8,18,20-21,23H,4-6,9-17,19H2,1-3H3,(H,27,31)/t23-/m0/s1. The van der Waals surface area contributed by atoms with E-state index in [-0.39, 0.29) is 5.91 Å². The van der Waals surface area contributed by atoms with Crippen molar-refractivity contribution in [3.05, 3.63) is 23.8 Å². The van der Waals surface area contributed by atoms with Crippen LogP contribution in [0.15, 0.2) is 23.1 Å². The number of carbonyl (C=O) groups is 1. The van der Waals surface area contributed by atoms with Crippen molar-refractivity contribution >= 4 is 21.6 Å². The number of carbonyl (C=O) groups excluding carboxylic acids is 1. The molecule has 0 bridgehead atoms. The Labute approximate surface area is 205 Å². The topological polar surface area (TPSA) is 73.0 Å². The molecular formula is C26H42N4O3S. The Kier molecular flexibility index (Phi) is 8.20. The van der Waals surface area contributed by atoms with Gasteiger partial charge >= 0.3 is 0 Å². The van der Waals surface area contributed by atoms with Gasteiger partial charge < -0.3 is 10.2 Å². The van der Waals surface area contributed by atoms with Gasteiger partial charge in [0.05, 0.1) is 5.69 Å². The molecule has 0 radical (unpaired) electrons. The van der Waals surface area contributed by atoms with Gasteiger partial charge in [-0.25, -0.2) is 8.42 Å². The molecule has 1 aromatic rings. The number of nitrogens with zero attached hydrogens (tertiary/aromatic N) is 3. The van der Waals surface area contributed by atoms with E-state index in [1.54, 1.807) is 16.4 Å². The van der Waals surface area contributed by atoms with Gasteiger partial charge in [-0.2, -0.15) is 4.31 Å². The number of likely N-dealkylation sites (N-methyl/N-ethyl adjacent to an activating group) is 1. The van der Waals surface area contributed by atoms with Crippen LogP contribution in [0, 0.1) is 11.8 Å². The van der Waals surface area contributed by atoms with Gasteiger partial charge in [0, 0.05) is 44.3 Å². The normalized spacial score (nSPS) is 24.0. The highest BCUT2D eigenvalue weighted by molar-refractivity contribution is 7.89. The first-order chi connectivity index (χ1) is 16.3. The molecule has 7 nitrogen and oxygen atoms in total. The van der Waals surface area contributed by atoms with E-state index in [1.807, 2.05) is 6.07 Å². The smallest absolute Gasteiger partial charge is 0.251 e. The number of nitrogens with one attached hydrogen (secondary N) is 1. The lowest BCUT2D eigenvalue weighted by molar-refractivity contribution is 0.0941. The van der Waals surface area contributed by atoms with Crippen LogP contribution < -0.4 is 10.2 Å². The molecule has 0 spiro atoms. The van der Waals surface area contributed by atoms with Gasteiger partial charge in [-0.05, 0) is 81.6 Å². The third kappa shape index (κ3) is 5.60. The number of piperidine rings is 2. The van der Waals surface area contributed by atoms with Gasteiger partial charge in [-0.15, -0.1) is 0 Å². The number of sulfonamides is 1. The monoisotopic (exact) mass is 490 g/mol. The predicted octanol–water partition coefficient (Wildman–Crippen LogP) is 3.56. The van der Waals surface area contributed by atoms with Crippen molar-refractivity contribution in [2.24, 2.45) is 11.8 Å². The molecule has 3 fully saturated rings. The van der Waals surface area contributed by atoms with Gasteiger partial charge in [0.25, 0.3) is 5.91 Å². The van der Waals surface area contributed by atoms with Crippen molar-refractivity contribution in [3.63, 3.8) is 0 Å². The largest absolute Gasteiger partial charge is 0.370 e. The van der Waals surface area contributed by atoms with Crippen molar-refractivity contribution in [3.8, 4) is 0 Å². The van der Waals surface area contributed by atoms with E-state index in [0.29, 0.717) is 48.0 Å². The van der Waals surface area contributed by atoms with Crippen LogP contribution in [0.3, 0.4) is 0 Å². The van der Waals surface area contributed by atoms with Crippen LogP contribution in [0.25, 0.3) is 0 Å². The van der Waals surface area contributed by atoms with Gasteiger partial charge in [-0.3, -0.25) is 9.69 Å². The van der Waals surface area contributed by atoms with E-state index in [0.717, 1.165) is 70.4 Å². The molecule has 3 aliphatic heterocycles. The highest BCUT2D eigenvalue weighted by atomic mass is 32.2. The summed E-state index contributed by atoms with van der Waals surface area (Å²) >= 11 is 0. The second kappa shape index (κ2) is 11.0. The Hall–Kier alpha value is -1.64. The molecule has 1 atom stereocenters. The van der Waals surface area contributed by atoms with Crippen LogP contribution in [-0.4, -0.2) is 75.4 Å². The summed E-state index contributed by atoms with van der Waals surface area (Å²) in [6.45, 7) is 12.0. The number of hydrogen-bond donors (Lipinski definition) is 1. The molecule has 190 valence electrons. The lowest BCUT2D eigenvalue weighted by Gasteiger charge is -2.35. The number of benzene rings is 1. The number of hydrogen-bond acceptors (Lipinski definition) is 5. The molecule has 3 aliphatic rings.